The third-order valence-electron chi connectivity index (χ3n) is 5.30. The van der Waals surface area contributed by atoms with Crippen molar-refractivity contribution in [2.24, 2.45) is 0 Å². The van der Waals surface area contributed by atoms with Gasteiger partial charge in [-0.25, -0.2) is 4.98 Å². The van der Waals surface area contributed by atoms with Crippen molar-refractivity contribution in [3.63, 3.8) is 0 Å². The van der Waals surface area contributed by atoms with E-state index in [1.54, 1.807) is 6.08 Å². The maximum absolute atomic E-state index is 10.6. The molecule has 0 unspecified atom stereocenters. The number of nitrogens with zero attached hydrogens (tertiary/aromatic N) is 2. The average Bonchev–Trinajstić information content (AvgIpc) is 3.16. The molecule has 1 heterocycles. The lowest BCUT2D eigenvalue weighted by atomic mass is 9.94. The summed E-state index contributed by atoms with van der Waals surface area (Å²) in [5.41, 5.74) is 9.08. The summed E-state index contributed by atoms with van der Waals surface area (Å²) in [4.78, 5) is 15.6. The maximum atomic E-state index is 10.6. The number of hydrogen-bond acceptors (Lipinski definition) is 3. The molecule has 4 nitrogen and oxygen atoms in total. The van der Waals surface area contributed by atoms with Gasteiger partial charge in [-0.1, -0.05) is 60.2 Å². The number of allylic oxidation sites excluding steroid dienone is 1. The smallest absolute Gasteiger partial charge is 0.142 e. The Hall–Kier alpha value is -3.50. The third-order valence-corrected chi connectivity index (χ3v) is 5.30. The van der Waals surface area contributed by atoms with Crippen molar-refractivity contribution in [2.45, 2.75) is 27.3 Å². The molecule has 158 valence electrons. The monoisotopic (exact) mass is 412 g/mol. The first-order chi connectivity index (χ1) is 15.1. The predicted molar refractivity (Wildman–Crippen MR) is 129 cm³/mol. The lowest BCUT2D eigenvalue weighted by Crippen LogP contribution is -1.99. The van der Waals surface area contributed by atoms with E-state index in [0.29, 0.717) is 0 Å². The molecule has 0 bridgehead atoms. The summed E-state index contributed by atoms with van der Waals surface area (Å²) >= 11 is 0. The molecule has 0 saturated carbocycles. The zero-order chi connectivity index (χ0) is 22.4. The fourth-order valence-corrected chi connectivity index (χ4v) is 3.96. The van der Waals surface area contributed by atoms with Crippen molar-refractivity contribution < 1.29 is 9.90 Å². The summed E-state index contributed by atoms with van der Waals surface area (Å²) < 4.78 is 2.25. The number of carbonyl (C=O) groups is 1. The first-order valence-corrected chi connectivity index (χ1v) is 10.4. The van der Waals surface area contributed by atoms with Crippen LogP contribution in [-0.2, 0) is 11.3 Å². The molecule has 0 aliphatic carbocycles. The van der Waals surface area contributed by atoms with Gasteiger partial charge in [0.25, 0.3) is 0 Å². The van der Waals surface area contributed by atoms with Crippen molar-refractivity contribution in [1.82, 2.24) is 9.55 Å². The van der Waals surface area contributed by atoms with Crippen LogP contribution in [0.3, 0.4) is 0 Å². The van der Waals surface area contributed by atoms with Crippen LogP contribution in [0.15, 0.2) is 66.7 Å². The van der Waals surface area contributed by atoms with Crippen LogP contribution >= 0.6 is 0 Å². The van der Waals surface area contributed by atoms with Gasteiger partial charge in [-0.15, -0.1) is 0 Å². The normalized spacial score (nSPS) is 10.9. The van der Waals surface area contributed by atoms with E-state index in [1.165, 1.54) is 28.3 Å². The molecule has 1 aromatic heterocycles. The first-order valence-electron chi connectivity index (χ1n) is 10.4. The lowest BCUT2D eigenvalue weighted by Gasteiger charge is -2.14. The summed E-state index contributed by atoms with van der Waals surface area (Å²) in [6.07, 6.45) is 4.11. The summed E-state index contributed by atoms with van der Waals surface area (Å²) in [5, 5.41) is 7.00. The van der Waals surface area contributed by atoms with E-state index in [1.807, 2.05) is 12.1 Å². The minimum Gasteiger partial charge on any atom is -0.400 e. The summed E-state index contributed by atoms with van der Waals surface area (Å²) in [7, 11) is 1.00. The largest absolute Gasteiger partial charge is 0.400 e. The van der Waals surface area contributed by atoms with E-state index >= 15 is 0 Å². The van der Waals surface area contributed by atoms with Gasteiger partial charge in [0.15, 0.2) is 0 Å². The Kier molecular flexibility index (Phi) is 7.16. The maximum Gasteiger partial charge on any atom is 0.142 e. The molecule has 0 fully saturated rings. The zero-order valence-corrected chi connectivity index (χ0v) is 18.5. The van der Waals surface area contributed by atoms with Gasteiger partial charge < -0.3 is 9.67 Å². The molecule has 4 heteroatoms. The fraction of sp³-hybridized carbons (Fsp3) is 0.185. The molecule has 0 aliphatic heterocycles. The Labute approximate surface area is 183 Å². The zero-order valence-electron chi connectivity index (χ0n) is 18.5. The van der Waals surface area contributed by atoms with Gasteiger partial charge in [0, 0.05) is 19.2 Å². The molecule has 0 saturated heterocycles. The molecular weight excluding hydrogens is 384 g/mol. The minimum atomic E-state index is 0.792. The van der Waals surface area contributed by atoms with Crippen LogP contribution in [0.25, 0.3) is 39.6 Å². The number of aliphatic hydroxyl groups is 1. The van der Waals surface area contributed by atoms with E-state index in [4.69, 9.17) is 10.1 Å². The second kappa shape index (κ2) is 10.0. The van der Waals surface area contributed by atoms with Gasteiger partial charge >= 0.3 is 0 Å². The SMILES string of the molecule is CCn1c(-c2ccccc2-c2ccc(C)cc2C)nc2cc(/C=C/C=O)ccc21.CO. The van der Waals surface area contributed by atoms with Crippen LogP contribution < -0.4 is 0 Å². The molecule has 4 rings (SSSR count). The van der Waals surface area contributed by atoms with E-state index < -0.39 is 0 Å². The van der Waals surface area contributed by atoms with Gasteiger partial charge in [0.2, 0.25) is 0 Å². The van der Waals surface area contributed by atoms with Crippen molar-refractivity contribution in [3.8, 4) is 22.5 Å². The van der Waals surface area contributed by atoms with E-state index in [0.717, 1.165) is 47.9 Å². The number of hydrogen-bond donors (Lipinski definition) is 1. The lowest BCUT2D eigenvalue weighted by molar-refractivity contribution is -0.104. The molecule has 0 amide bonds. The number of aliphatic hydroxyl groups excluding tert-OH is 1. The van der Waals surface area contributed by atoms with Gasteiger partial charge in [0.1, 0.15) is 12.1 Å². The van der Waals surface area contributed by atoms with Gasteiger partial charge in [0.05, 0.1) is 11.0 Å². The number of rotatable bonds is 5. The highest BCUT2D eigenvalue weighted by Crippen LogP contribution is 2.35. The second-order valence-corrected chi connectivity index (χ2v) is 7.29. The highest BCUT2D eigenvalue weighted by molar-refractivity contribution is 5.88. The fourth-order valence-electron chi connectivity index (χ4n) is 3.96. The van der Waals surface area contributed by atoms with Gasteiger partial charge in [-0.3, -0.25) is 4.79 Å². The number of aryl methyl sites for hydroxylation is 3. The Balaban J connectivity index is 0.00000132. The van der Waals surface area contributed by atoms with Crippen LogP contribution in [0, 0.1) is 13.8 Å². The number of aromatic nitrogens is 2. The summed E-state index contributed by atoms with van der Waals surface area (Å²) in [6, 6.07) is 21.2. The number of carbonyl (C=O) groups excluding carboxylic acids is 1. The molecule has 4 aromatic rings. The van der Waals surface area contributed by atoms with E-state index in [9.17, 15) is 4.79 Å². The first kappa shape index (κ1) is 22.2. The molecule has 0 atom stereocenters. The Morgan fingerprint density at radius 2 is 1.68 bits per heavy atom. The number of aldehydes is 1. The third kappa shape index (κ3) is 4.49. The molecule has 0 radical (unpaired) electrons. The van der Waals surface area contributed by atoms with Crippen molar-refractivity contribution in [1.29, 1.82) is 0 Å². The average molecular weight is 413 g/mol. The second-order valence-electron chi connectivity index (χ2n) is 7.29. The quantitative estimate of drug-likeness (QED) is 0.331. The van der Waals surface area contributed by atoms with Crippen LogP contribution in [0.1, 0.15) is 23.6 Å². The van der Waals surface area contributed by atoms with E-state index in [-0.39, 0.29) is 0 Å². The molecule has 1 N–H and O–H groups in total. The Morgan fingerprint density at radius 3 is 2.35 bits per heavy atom. The topological polar surface area (TPSA) is 55.1 Å². The van der Waals surface area contributed by atoms with Crippen LogP contribution in [0.4, 0.5) is 0 Å². The van der Waals surface area contributed by atoms with Crippen LogP contribution in [0.2, 0.25) is 0 Å². The van der Waals surface area contributed by atoms with Crippen LogP contribution in [0.5, 0.6) is 0 Å². The van der Waals surface area contributed by atoms with Gasteiger partial charge in [-0.2, -0.15) is 0 Å². The standard InChI is InChI=1S/C26H24N2O.CH4O/c1-4-28-25-14-12-20(8-7-15-29)17-24(25)27-26(28)23-10-6-5-9-22(23)21-13-11-18(2)16-19(21)3;1-2/h5-17H,4H2,1-3H3;2H,1H3/b8-7+;. The van der Waals surface area contributed by atoms with Crippen molar-refractivity contribution in [2.75, 3.05) is 7.11 Å². The van der Waals surface area contributed by atoms with Crippen molar-refractivity contribution in [3.05, 3.63) is 83.4 Å². The highest BCUT2D eigenvalue weighted by Gasteiger charge is 2.16. The molecule has 0 aliphatic rings. The molecule has 0 spiro atoms. The number of fused-ring (bicyclic) bond motifs is 1. The van der Waals surface area contributed by atoms with Crippen molar-refractivity contribution >= 4 is 23.4 Å². The minimum absolute atomic E-state index is 0.792. The Morgan fingerprint density at radius 1 is 0.935 bits per heavy atom. The highest BCUT2D eigenvalue weighted by atomic mass is 16.2. The Bertz CT molecular complexity index is 1240. The van der Waals surface area contributed by atoms with Crippen LogP contribution in [-0.4, -0.2) is 28.1 Å². The number of benzene rings is 3. The molecule has 31 heavy (non-hydrogen) atoms. The molecule has 3 aromatic carbocycles. The predicted octanol–water partition coefficient (Wildman–Crippen LogP) is 5.83. The summed E-state index contributed by atoms with van der Waals surface area (Å²) in [6.45, 7) is 7.25. The van der Waals surface area contributed by atoms with E-state index in [2.05, 4.69) is 73.9 Å². The number of imidazole rings is 1. The summed E-state index contributed by atoms with van der Waals surface area (Å²) in [5.74, 6) is 0.967. The molecular formula is C27H28N2O2. The van der Waals surface area contributed by atoms with Gasteiger partial charge in [-0.05, 0) is 61.2 Å².